The largest absolute Gasteiger partial charge is 0.311 e. The Bertz CT molecular complexity index is 438. The molecule has 0 spiro atoms. The molecule has 2 aromatic heterocycles. The second kappa shape index (κ2) is 4.08. The molecule has 2 aromatic rings. The maximum atomic E-state index is 11.5. The summed E-state index contributed by atoms with van der Waals surface area (Å²) in [6.45, 7) is 0. The lowest BCUT2D eigenvalue weighted by Gasteiger charge is -1.96. The van der Waals surface area contributed by atoms with E-state index in [1.54, 1.807) is 23.7 Å². The normalized spacial score (nSPS) is 10.1. The first-order chi connectivity index (χ1) is 6.75. The standard InChI is InChI=1S/C8H5ClN2OS2/c9-5-1-2-6(14-5)11-7(12)8-10-3-4-13-8/h1-4H,(H,11,12). The number of carbonyl (C=O) groups excluding carboxylic acids is 1. The number of thiazole rings is 1. The topological polar surface area (TPSA) is 42.0 Å². The third kappa shape index (κ3) is 2.12. The zero-order valence-corrected chi connectivity index (χ0v) is 9.25. The first kappa shape index (κ1) is 9.64. The second-order valence-corrected chi connectivity index (χ2v) is 5.00. The lowest BCUT2D eigenvalue weighted by atomic mass is 10.5. The van der Waals surface area contributed by atoms with Crippen LogP contribution in [0.1, 0.15) is 9.80 Å². The van der Waals surface area contributed by atoms with Crippen LogP contribution in [0.4, 0.5) is 5.00 Å². The lowest BCUT2D eigenvalue weighted by molar-refractivity contribution is 0.102. The number of nitrogens with zero attached hydrogens (tertiary/aromatic N) is 1. The SMILES string of the molecule is O=C(Nc1ccc(Cl)s1)c1nccs1. The molecule has 0 aliphatic heterocycles. The van der Waals surface area contributed by atoms with E-state index in [9.17, 15) is 4.79 Å². The number of thiophene rings is 1. The molecule has 72 valence electrons. The number of amides is 1. The highest BCUT2D eigenvalue weighted by molar-refractivity contribution is 7.20. The first-order valence-electron chi connectivity index (χ1n) is 3.72. The van der Waals surface area contributed by atoms with Gasteiger partial charge in [0.2, 0.25) is 0 Å². The van der Waals surface area contributed by atoms with Crippen LogP contribution in [0, 0.1) is 0 Å². The van der Waals surface area contributed by atoms with Crippen molar-refractivity contribution in [1.29, 1.82) is 0 Å². The first-order valence-corrected chi connectivity index (χ1v) is 5.79. The number of aromatic nitrogens is 1. The Morgan fingerprint density at radius 3 is 2.93 bits per heavy atom. The van der Waals surface area contributed by atoms with Crippen LogP contribution < -0.4 is 5.32 Å². The van der Waals surface area contributed by atoms with Crippen molar-refractivity contribution < 1.29 is 4.79 Å². The molecule has 2 heterocycles. The van der Waals surface area contributed by atoms with E-state index in [1.807, 2.05) is 0 Å². The van der Waals surface area contributed by atoms with Crippen LogP contribution in [0.15, 0.2) is 23.7 Å². The van der Waals surface area contributed by atoms with Crippen LogP contribution in [0.5, 0.6) is 0 Å². The number of carbonyl (C=O) groups is 1. The molecule has 0 saturated heterocycles. The molecule has 1 amide bonds. The maximum absolute atomic E-state index is 11.5. The van der Waals surface area contributed by atoms with Crippen molar-refractivity contribution in [3.63, 3.8) is 0 Å². The van der Waals surface area contributed by atoms with Crippen molar-refractivity contribution in [3.8, 4) is 0 Å². The predicted octanol–water partition coefficient (Wildman–Crippen LogP) is 3.11. The van der Waals surface area contributed by atoms with E-state index in [2.05, 4.69) is 10.3 Å². The molecule has 1 N–H and O–H groups in total. The van der Waals surface area contributed by atoms with E-state index in [0.717, 1.165) is 5.00 Å². The molecular formula is C8H5ClN2OS2. The lowest BCUT2D eigenvalue weighted by Crippen LogP contribution is -2.09. The second-order valence-electron chi connectivity index (χ2n) is 2.40. The van der Waals surface area contributed by atoms with Crippen LogP contribution in [0.3, 0.4) is 0 Å². The van der Waals surface area contributed by atoms with Crippen molar-refractivity contribution in [2.24, 2.45) is 0 Å². The van der Waals surface area contributed by atoms with Crippen LogP contribution >= 0.6 is 34.3 Å². The molecule has 0 radical (unpaired) electrons. The molecule has 0 aromatic carbocycles. The van der Waals surface area contributed by atoms with Gasteiger partial charge in [-0.05, 0) is 12.1 Å². The van der Waals surface area contributed by atoms with Gasteiger partial charge in [0.05, 0.1) is 9.34 Å². The minimum Gasteiger partial charge on any atom is -0.311 e. The molecule has 2 rings (SSSR count). The van der Waals surface area contributed by atoms with Gasteiger partial charge in [0.15, 0.2) is 5.01 Å². The Hall–Kier alpha value is -0.910. The molecule has 6 heteroatoms. The van der Waals surface area contributed by atoms with Crippen LogP contribution in [-0.2, 0) is 0 Å². The van der Waals surface area contributed by atoms with E-state index in [4.69, 9.17) is 11.6 Å². The third-order valence-corrected chi connectivity index (χ3v) is 3.35. The van der Waals surface area contributed by atoms with Crippen molar-refractivity contribution >= 4 is 45.2 Å². The average Bonchev–Trinajstić information content (AvgIpc) is 2.75. The van der Waals surface area contributed by atoms with Gasteiger partial charge in [-0.3, -0.25) is 4.79 Å². The van der Waals surface area contributed by atoms with E-state index < -0.39 is 0 Å². The molecule has 0 saturated carbocycles. The highest BCUT2D eigenvalue weighted by atomic mass is 35.5. The van der Waals surface area contributed by atoms with Gasteiger partial charge in [-0.1, -0.05) is 11.6 Å². The number of nitrogens with one attached hydrogen (secondary N) is 1. The number of hydrogen-bond donors (Lipinski definition) is 1. The monoisotopic (exact) mass is 244 g/mol. The molecule has 0 bridgehead atoms. The van der Waals surface area contributed by atoms with Gasteiger partial charge >= 0.3 is 0 Å². The Labute approximate surface area is 93.4 Å². The van der Waals surface area contributed by atoms with Gasteiger partial charge < -0.3 is 5.32 Å². The Balaban J connectivity index is 2.09. The fourth-order valence-electron chi connectivity index (χ4n) is 0.882. The number of halogens is 1. The number of anilines is 1. The van der Waals surface area contributed by atoms with Gasteiger partial charge in [-0.15, -0.1) is 22.7 Å². The molecule has 0 unspecified atom stereocenters. The summed E-state index contributed by atoms with van der Waals surface area (Å²) in [5.74, 6) is -0.196. The molecule has 0 aliphatic rings. The quantitative estimate of drug-likeness (QED) is 0.882. The van der Waals surface area contributed by atoms with Gasteiger partial charge in [0, 0.05) is 11.6 Å². The third-order valence-electron chi connectivity index (χ3n) is 1.44. The van der Waals surface area contributed by atoms with Gasteiger partial charge in [-0.25, -0.2) is 4.98 Å². The molecule has 14 heavy (non-hydrogen) atoms. The van der Waals surface area contributed by atoms with Crippen molar-refractivity contribution in [3.05, 3.63) is 33.1 Å². The van der Waals surface area contributed by atoms with Crippen LogP contribution in [0.25, 0.3) is 0 Å². The smallest absolute Gasteiger partial charge is 0.285 e. The van der Waals surface area contributed by atoms with Crippen molar-refractivity contribution in [2.75, 3.05) is 5.32 Å². The van der Waals surface area contributed by atoms with Gasteiger partial charge in [-0.2, -0.15) is 0 Å². The van der Waals surface area contributed by atoms with Crippen LogP contribution in [0.2, 0.25) is 4.34 Å². The van der Waals surface area contributed by atoms with Crippen LogP contribution in [-0.4, -0.2) is 10.9 Å². The fourth-order valence-corrected chi connectivity index (χ4v) is 2.35. The average molecular weight is 245 g/mol. The van der Waals surface area contributed by atoms with Crippen molar-refractivity contribution in [1.82, 2.24) is 4.98 Å². The molecular weight excluding hydrogens is 240 g/mol. The van der Waals surface area contributed by atoms with Crippen molar-refractivity contribution in [2.45, 2.75) is 0 Å². The summed E-state index contributed by atoms with van der Waals surface area (Å²) in [6, 6.07) is 3.50. The fraction of sp³-hybridized carbons (Fsp3) is 0. The van der Waals surface area contributed by atoms with E-state index in [0.29, 0.717) is 9.34 Å². The van der Waals surface area contributed by atoms with E-state index in [1.165, 1.54) is 22.7 Å². The summed E-state index contributed by atoms with van der Waals surface area (Å²) in [6.07, 6.45) is 1.60. The highest BCUT2D eigenvalue weighted by Crippen LogP contribution is 2.26. The molecule has 0 fully saturated rings. The molecule has 0 aliphatic carbocycles. The van der Waals surface area contributed by atoms with E-state index >= 15 is 0 Å². The van der Waals surface area contributed by atoms with E-state index in [-0.39, 0.29) is 5.91 Å². The zero-order valence-electron chi connectivity index (χ0n) is 6.86. The van der Waals surface area contributed by atoms with Gasteiger partial charge in [0.1, 0.15) is 0 Å². The summed E-state index contributed by atoms with van der Waals surface area (Å²) in [7, 11) is 0. The zero-order chi connectivity index (χ0) is 9.97. The molecule has 0 atom stereocenters. The number of rotatable bonds is 2. The Kier molecular flexibility index (Phi) is 2.81. The predicted molar refractivity (Wildman–Crippen MR) is 59.4 cm³/mol. The summed E-state index contributed by atoms with van der Waals surface area (Å²) in [5, 5.41) is 5.65. The minimum absolute atomic E-state index is 0.196. The summed E-state index contributed by atoms with van der Waals surface area (Å²) >= 11 is 8.35. The number of hydrogen-bond acceptors (Lipinski definition) is 4. The Morgan fingerprint density at radius 1 is 1.50 bits per heavy atom. The molecule has 3 nitrogen and oxygen atoms in total. The van der Waals surface area contributed by atoms with Gasteiger partial charge in [0.25, 0.3) is 5.91 Å². The minimum atomic E-state index is -0.196. The summed E-state index contributed by atoms with van der Waals surface area (Å²) in [5.41, 5.74) is 0. The maximum Gasteiger partial charge on any atom is 0.285 e. The highest BCUT2D eigenvalue weighted by Gasteiger charge is 2.09. The summed E-state index contributed by atoms with van der Waals surface area (Å²) in [4.78, 5) is 15.4. The Morgan fingerprint density at radius 2 is 2.36 bits per heavy atom. The summed E-state index contributed by atoms with van der Waals surface area (Å²) < 4.78 is 0.652.